The first kappa shape index (κ1) is 15.8. The molecule has 0 aliphatic carbocycles. The molecular formula is C15H18F3NO2. The van der Waals surface area contributed by atoms with Crippen molar-refractivity contribution in [3.63, 3.8) is 0 Å². The summed E-state index contributed by atoms with van der Waals surface area (Å²) >= 11 is 0. The number of halogens is 3. The van der Waals surface area contributed by atoms with Crippen molar-refractivity contribution in [2.45, 2.75) is 38.5 Å². The normalized spacial score (nSPS) is 19.7. The number of ether oxygens (including phenoxy) is 1. The standard InChI is InChI=1S/C15H18F3NO2/c1-2-21-14(20)13-7-4-8-19(13)10-11-5-3-6-12(9-11)15(16,17)18/h3,5-6,9,13H,2,4,7-8,10H2,1H3. The monoisotopic (exact) mass is 301 g/mol. The van der Waals surface area contributed by atoms with Crippen LogP contribution in [-0.2, 0) is 22.3 Å². The van der Waals surface area contributed by atoms with Gasteiger partial charge in [-0.3, -0.25) is 9.69 Å². The molecule has 1 fully saturated rings. The number of hydrogen-bond donors (Lipinski definition) is 0. The molecule has 1 unspecified atom stereocenters. The van der Waals surface area contributed by atoms with Crippen LogP contribution in [0.25, 0.3) is 0 Å². The van der Waals surface area contributed by atoms with Crippen LogP contribution in [0, 0.1) is 0 Å². The number of benzene rings is 1. The van der Waals surface area contributed by atoms with Crippen molar-refractivity contribution in [1.29, 1.82) is 0 Å². The Morgan fingerprint density at radius 2 is 2.19 bits per heavy atom. The minimum atomic E-state index is -4.35. The number of carbonyl (C=O) groups excluding carboxylic acids is 1. The predicted molar refractivity (Wildman–Crippen MR) is 71.5 cm³/mol. The summed E-state index contributed by atoms with van der Waals surface area (Å²) in [5.41, 5.74) is -0.104. The lowest BCUT2D eigenvalue weighted by molar-refractivity contribution is -0.148. The molecule has 0 bridgehead atoms. The van der Waals surface area contributed by atoms with Crippen molar-refractivity contribution < 1.29 is 22.7 Å². The molecule has 0 amide bonds. The molecule has 0 spiro atoms. The van der Waals surface area contributed by atoms with Crippen LogP contribution in [0.3, 0.4) is 0 Å². The van der Waals surface area contributed by atoms with Gasteiger partial charge in [-0.05, 0) is 37.9 Å². The first-order valence-corrected chi connectivity index (χ1v) is 6.98. The lowest BCUT2D eigenvalue weighted by atomic mass is 10.1. The third-order valence-corrected chi connectivity index (χ3v) is 3.56. The van der Waals surface area contributed by atoms with Crippen LogP contribution in [0.1, 0.15) is 30.9 Å². The van der Waals surface area contributed by atoms with Gasteiger partial charge < -0.3 is 4.74 Å². The lowest BCUT2D eigenvalue weighted by Gasteiger charge is -2.23. The summed E-state index contributed by atoms with van der Waals surface area (Å²) in [4.78, 5) is 13.7. The third-order valence-electron chi connectivity index (χ3n) is 3.56. The summed E-state index contributed by atoms with van der Waals surface area (Å²) in [6, 6.07) is 4.89. The highest BCUT2D eigenvalue weighted by atomic mass is 19.4. The Kier molecular flexibility index (Phi) is 4.88. The largest absolute Gasteiger partial charge is 0.465 e. The molecule has 0 radical (unpaired) electrons. The number of rotatable bonds is 4. The molecule has 1 heterocycles. The minimum Gasteiger partial charge on any atom is -0.465 e. The molecular weight excluding hydrogens is 283 g/mol. The van der Waals surface area contributed by atoms with E-state index in [0.29, 0.717) is 31.7 Å². The Morgan fingerprint density at radius 1 is 1.43 bits per heavy atom. The fourth-order valence-corrected chi connectivity index (χ4v) is 2.60. The molecule has 0 N–H and O–H groups in total. The number of nitrogens with zero attached hydrogens (tertiary/aromatic N) is 1. The van der Waals surface area contributed by atoms with Gasteiger partial charge in [0.25, 0.3) is 0 Å². The summed E-state index contributed by atoms with van der Waals surface area (Å²) in [6.07, 6.45) is -2.80. The van der Waals surface area contributed by atoms with Crippen LogP contribution in [0.5, 0.6) is 0 Å². The van der Waals surface area contributed by atoms with E-state index in [1.807, 2.05) is 4.90 Å². The SMILES string of the molecule is CCOC(=O)C1CCCN1Cc1cccc(C(F)(F)F)c1. The lowest BCUT2D eigenvalue weighted by Crippen LogP contribution is -2.36. The second-order valence-electron chi connectivity index (χ2n) is 5.08. The van der Waals surface area contributed by atoms with Gasteiger partial charge in [-0.1, -0.05) is 18.2 Å². The molecule has 1 aliphatic heterocycles. The van der Waals surface area contributed by atoms with Gasteiger partial charge >= 0.3 is 12.1 Å². The zero-order valence-electron chi connectivity index (χ0n) is 11.8. The van der Waals surface area contributed by atoms with E-state index in [1.165, 1.54) is 6.07 Å². The first-order valence-electron chi connectivity index (χ1n) is 6.98. The summed E-state index contributed by atoms with van der Waals surface area (Å²) < 4.78 is 43.1. The van der Waals surface area contributed by atoms with Gasteiger partial charge in [-0.25, -0.2) is 0 Å². The third kappa shape index (κ3) is 3.97. The number of carbonyl (C=O) groups is 1. The van der Waals surface area contributed by atoms with Gasteiger partial charge in [0.15, 0.2) is 0 Å². The smallest absolute Gasteiger partial charge is 0.416 e. The summed E-state index contributed by atoms with van der Waals surface area (Å²) in [5, 5.41) is 0. The van der Waals surface area contributed by atoms with E-state index in [1.54, 1.807) is 13.0 Å². The summed E-state index contributed by atoms with van der Waals surface area (Å²) in [7, 11) is 0. The second kappa shape index (κ2) is 6.47. The van der Waals surface area contributed by atoms with Gasteiger partial charge in [0.2, 0.25) is 0 Å². The van der Waals surface area contributed by atoms with Crippen molar-refractivity contribution >= 4 is 5.97 Å². The van der Waals surface area contributed by atoms with Crippen molar-refractivity contribution in [2.24, 2.45) is 0 Å². The molecule has 1 aromatic carbocycles. The average molecular weight is 301 g/mol. The molecule has 0 aromatic heterocycles. The fraction of sp³-hybridized carbons (Fsp3) is 0.533. The molecule has 1 aliphatic rings. The molecule has 1 atom stereocenters. The van der Waals surface area contributed by atoms with Gasteiger partial charge in [-0.2, -0.15) is 13.2 Å². The quantitative estimate of drug-likeness (QED) is 0.800. The van der Waals surface area contributed by atoms with Crippen LogP contribution in [0.4, 0.5) is 13.2 Å². The van der Waals surface area contributed by atoms with Crippen molar-refractivity contribution in [1.82, 2.24) is 4.90 Å². The topological polar surface area (TPSA) is 29.5 Å². The molecule has 116 valence electrons. The maximum atomic E-state index is 12.7. The van der Waals surface area contributed by atoms with Gasteiger partial charge in [0, 0.05) is 6.54 Å². The van der Waals surface area contributed by atoms with Crippen LogP contribution in [0.2, 0.25) is 0 Å². The molecule has 1 saturated heterocycles. The van der Waals surface area contributed by atoms with E-state index >= 15 is 0 Å². The van der Waals surface area contributed by atoms with Gasteiger partial charge in [0.05, 0.1) is 12.2 Å². The number of hydrogen-bond acceptors (Lipinski definition) is 3. The highest BCUT2D eigenvalue weighted by Gasteiger charge is 2.33. The Hall–Kier alpha value is -1.56. The Labute approximate surface area is 121 Å². The Morgan fingerprint density at radius 3 is 2.86 bits per heavy atom. The summed E-state index contributed by atoms with van der Waals surface area (Å²) in [5.74, 6) is -0.290. The van der Waals surface area contributed by atoms with Crippen molar-refractivity contribution in [3.05, 3.63) is 35.4 Å². The van der Waals surface area contributed by atoms with Crippen LogP contribution >= 0.6 is 0 Å². The van der Waals surface area contributed by atoms with Crippen LogP contribution in [-0.4, -0.2) is 30.1 Å². The van der Waals surface area contributed by atoms with Gasteiger partial charge in [0.1, 0.15) is 6.04 Å². The molecule has 0 saturated carbocycles. The predicted octanol–water partition coefficient (Wildman–Crippen LogP) is 3.23. The highest BCUT2D eigenvalue weighted by Crippen LogP contribution is 2.30. The van der Waals surface area contributed by atoms with Gasteiger partial charge in [-0.15, -0.1) is 0 Å². The molecule has 21 heavy (non-hydrogen) atoms. The van der Waals surface area contributed by atoms with E-state index in [-0.39, 0.29) is 12.0 Å². The number of likely N-dealkylation sites (tertiary alicyclic amines) is 1. The Balaban J connectivity index is 2.09. The minimum absolute atomic E-state index is 0.290. The molecule has 2 rings (SSSR count). The van der Waals surface area contributed by atoms with E-state index in [9.17, 15) is 18.0 Å². The first-order chi connectivity index (χ1) is 9.91. The second-order valence-corrected chi connectivity index (χ2v) is 5.08. The van der Waals surface area contributed by atoms with E-state index in [0.717, 1.165) is 18.6 Å². The molecule has 6 heteroatoms. The van der Waals surface area contributed by atoms with E-state index in [4.69, 9.17) is 4.74 Å². The highest BCUT2D eigenvalue weighted by molar-refractivity contribution is 5.76. The Bertz CT molecular complexity index is 502. The fourth-order valence-electron chi connectivity index (χ4n) is 2.60. The van der Waals surface area contributed by atoms with Crippen molar-refractivity contribution in [2.75, 3.05) is 13.2 Å². The van der Waals surface area contributed by atoms with Crippen LogP contribution in [0.15, 0.2) is 24.3 Å². The maximum Gasteiger partial charge on any atom is 0.416 e. The average Bonchev–Trinajstić information content (AvgIpc) is 2.86. The van der Waals surface area contributed by atoms with E-state index in [2.05, 4.69) is 0 Å². The summed E-state index contributed by atoms with van der Waals surface area (Å²) in [6.45, 7) is 3.07. The maximum absolute atomic E-state index is 12.7. The zero-order valence-corrected chi connectivity index (χ0v) is 11.8. The molecule has 1 aromatic rings. The van der Waals surface area contributed by atoms with E-state index < -0.39 is 11.7 Å². The molecule has 3 nitrogen and oxygen atoms in total. The van der Waals surface area contributed by atoms with Crippen LogP contribution < -0.4 is 0 Å². The zero-order chi connectivity index (χ0) is 15.5. The van der Waals surface area contributed by atoms with Crippen molar-refractivity contribution in [3.8, 4) is 0 Å². The number of alkyl halides is 3. The number of esters is 1.